The Balaban J connectivity index is 1.59. The van der Waals surface area contributed by atoms with Gasteiger partial charge in [-0.3, -0.25) is 19.2 Å². The molecule has 0 radical (unpaired) electrons. The van der Waals surface area contributed by atoms with Crippen LogP contribution in [0.4, 0.5) is 11.4 Å². The van der Waals surface area contributed by atoms with Crippen molar-refractivity contribution < 1.29 is 19.2 Å². The van der Waals surface area contributed by atoms with E-state index in [9.17, 15) is 19.2 Å². The minimum absolute atomic E-state index is 0.0526. The zero-order valence-corrected chi connectivity index (χ0v) is 20.3. The number of nitrogens with zero attached hydrogens (tertiary/aromatic N) is 2. The fourth-order valence-electron chi connectivity index (χ4n) is 4.79. The van der Waals surface area contributed by atoms with Crippen LogP contribution in [0.25, 0.3) is 0 Å². The summed E-state index contributed by atoms with van der Waals surface area (Å²) >= 11 is 0. The molecule has 1 saturated heterocycles. The normalized spacial score (nSPS) is 17.8. The summed E-state index contributed by atoms with van der Waals surface area (Å²) in [5, 5.41) is 2.67. The van der Waals surface area contributed by atoms with Gasteiger partial charge in [-0.1, -0.05) is 29.8 Å². The second-order valence-electron chi connectivity index (χ2n) is 9.19. The van der Waals surface area contributed by atoms with Crippen molar-refractivity contribution >= 4 is 35.0 Å². The lowest BCUT2D eigenvalue weighted by Crippen LogP contribution is -2.46. The number of carbonyl (C=O) groups is 4. The monoisotopic (exact) mass is 473 g/mol. The molecule has 0 bridgehead atoms. The van der Waals surface area contributed by atoms with E-state index >= 15 is 0 Å². The van der Waals surface area contributed by atoms with Crippen LogP contribution in [0.15, 0.2) is 60.2 Å². The van der Waals surface area contributed by atoms with Gasteiger partial charge in [0.2, 0.25) is 11.8 Å². The second kappa shape index (κ2) is 10.7. The Kier molecular flexibility index (Phi) is 7.44. The highest BCUT2D eigenvalue weighted by atomic mass is 16.2. The van der Waals surface area contributed by atoms with Crippen LogP contribution < -0.4 is 10.2 Å². The summed E-state index contributed by atoms with van der Waals surface area (Å²) in [5.41, 5.74) is 3.69. The predicted octanol–water partition coefficient (Wildman–Crippen LogP) is 4.62. The Morgan fingerprint density at radius 2 is 1.80 bits per heavy atom. The number of hydrogen-bond donors (Lipinski definition) is 1. The number of imide groups is 1. The Morgan fingerprint density at radius 3 is 2.46 bits per heavy atom. The first-order valence-corrected chi connectivity index (χ1v) is 12.1. The third-order valence-electron chi connectivity index (χ3n) is 6.64. The van der Waals surface area contributed by atoms with E-state index in [1.807, 2.05) is 25.1 Å². The molecule has 7 nitrogen and oxygen atoms in total. The van der Waals surface area contributed by atoms with E-state index in [0.29, 0.717) is 29.9 Å². The van der Waals surface area contributed by atoms with Crippen molar-refractivity contribution in [2.75, 3.05) is 16.8 Å². The van der Waals surface area contributed by atoms with Crippen LogP contribution in [0.2, 0.25) is 0 Å². The molecular formula is C28H31N3O4. The number of carbonyl (C=O) groups excluding carboxylic acids is 4. The smallest absolute Gasteiger partial charge is 0.257 e. The Bertz CT molecular complexity index is 1170. The SMILES string of the molecule is CC(=O)Nc1ccc(N2C(=O)CC(N(CCC3=CCCCC3)C(=O)c3ccccc3C)C2=O)cc1. The highest BCUT2D eigenvalue weighted by Gasteiger charge is 2.44. The highest BCUT2D eigenvalue weighted by Crippen LogP contribution is 2.29. The zero-order chi connectivity index (χ0) is 24.9. The van der Waals surface area contributed by atoms with Crippen molar-refractivity contribution in [2.45, 2.75) is 58.4 Å². The lowest BCUT2D eigenvalue weighted by atomic mass is 9.96. The second-order valence-corrected chi connectivity index (χ2v) is 9.19. The summed E-state index contributed by atoms with van der Waals surface area (Å²) < 4.78 is 0. The molecule has 2 aromatic rings. The molecule has 0 saturated carbocycles. The molecule has 2 aromatic carbocycles. The predicted molar refractivity (Wildman–Crippen MR) is 135 cm³/mol. The van der Waals surface area contributed by atoms with Gasteiger partial charge in [0.1, 0.15) is 6.04 Å². The third-order valence-corrected chi connectivity index (χ3v) is 6.64. The summed E-state index contributed by atoms with van der Waals surface area (Å²) in [6, 6.07) is 13.0. The van der Waals surface area contributed by atoms with Gasteiger partial charge in [0.05, 0.1) is 12.1 Å². The topological polar surface area (TPSA) is 86.8 Å². The van der Waals surface area contributed by atoms with Crippen LogP contribution in [-0.4, -0.2) is 41.1 Å². The van der Waals surface area contributed by atoms with Gasteiger partial charge in [0, 0.05) is 24.7 Å². The number of allylic oxidation sites excluding steroid dienone is 1. The summed E-state index contributed by atoms with van der Waals surface area (Å²) in [6.07, 6.45) is 7.26. The van der Waals surface area contributed by atoms with Crippen LogP contribution in [0.5, 0.6) is 0 Å². The number of anilines is 2. The zero-order valence-electron chi connectivity index (χ0n) is 20.3. The van der Waals surface area contributed by atoms with Crippen LogP contribution in [-0.2, 0) is 14.4 Å². The molecule has 1 fully saturated rings. The first kappa shape index (κ1) is 24.4. The van der Waals surface area contributed by atoms with Gasteiger partial charge in [-0.15, -0.1) is 0 Å². The molecule has 4 rings (SSSR count). The van der Waals surface area contributed by atoms with E-state index in [1.54, 1.807) is 35.2 Å². The average molecular weight is 474 g/mol. The van der Waals surface area contributed by atoms with Crippen molar-refractivity contribution in [3.05, 3.63) is 71.3 Å². The Labute approximate surface area is 205 Å². The fourth-order valence-corrected chi connectivity index (χ4v) is 4.79. The molecule has 1 aliphatic carbocycles. The van der Waals surface area contributed by atoms with Gasteiger partial charge in [-0.05, 0) is 74.9 Å². The standard InChI is InChI=1S/C28H31N3O4/c1-19-8-6-7-11-24(19)27(34)30(17-16-21-9-4-3-5-10-21)25-18-26(33)31(28(25)35)23-14-12-22(13-15-23)29-20(2)32/h6-9,11-15,25H,3-5,10,16-18H2,1-2H3,(H,29,32). The largest absolute Gasteiger partial charge is 0.326 e. The maximum atomic E-state index is 13.7. The molecule has 1 heterocycles. The molecule has 1 atom stereocenters. The Hall–Kier alpha value is -3.74. The maximum Gasteiger partial charge on any atom is 0.257 e. The summed E-state index contributed by atoms with van der Waals surface area (Å²) in [4.78, 5) is 54.2. The van der Waals surface area contributed by atoms with Gasteiger partial charge < -0.3 is 10.2 Å². The quantitative estimate of drug-likeness (QED) is 0.470. The molecule has 0 spiro atoms. The van der Waals surface area contributed by atoms with Crippen LogP contribution in [0.3, 0.4) is 0 Å². The van der Waals surface area contributed by atoms with Crippen LogP contribution in [0.1, 0.15) is 61.4 Å². The van der Waals surface area contributed by atoms with Crippen molar-refractivity contribution in [1.29, 1.82) is 0 Å². The average Bonchev–Trinajstić information content (AvgIpc) is 3.14. The molecule has 7 heteroatoms. The van der Waals surface area contributed by atoms with Gasteiger partial charge >= 0.3 is 0 Å². The highest BCUT2D eigenvalue weighted by molar-refractivity contribution is 6.23. The van der Waals surface area contributed by atoms with Crippen molar-refractivity contribution in [3.63, 3.8) is 0 Å². The number of aryl methyl sites for hydroxylation is 1. The van der Waals surface area contributed by atoms with E-state index in [-0.39, 0.29) is 24.1 Å². The minimum Gasteiger partial charge on any atom is -0.326 e. The molecule has 2 aliphatic rings. The number of rotatable bonds is 7. The molecule has 1 unspecified atom stereocenters. The molecule has 35 heavy (non-hydrogen) atoms. The summed E-state index contributed by atoms with van der Waals surface area (Å²) in [5.74, 6) is -1.17. The van der Waals surface area contributed by atoms with E-state index in [2.05, 4.69) is 11.4 Å². The van der Waals surface area contributed by atoms with Crippen molar-refractivity contribution in [2.24, 2.45) is 0 Å². The van der Waals surface area contributed by atoms with E-state index in [4.69, 9.17) is 0 Å². The van der Waals surface area contributed by atoms with E-state index in [0.717, 1.165) is 29.7 Å². The number of hydrogen-bond acceptors (Lipinski definition) is 4. The van der Waals surface area contributed by atoms with Gasteiger partial charge in [0.15, 0.2) is 0 Å². The number of amides is 4. The first-order chi connectivity index (χ1) is 16.8. The third kappa shape index (κ3) is 5.50. The molecule has 1 N–H and O–H groups in total. The fraction of sp³-hybridized carbons (Fsp3) is 0.357. The molecular weight excluding hydrogens is 442 g/mol. The molecule has 182 valence electrons. The van der Waals surface area contributed by atoms with Gasteiger partial charge in [0.25, 0.3) is 11.8 Å². The van der Waals surface area contributed by atoms with Crippen molar-refractivity contribution in [1.82, 2.24) is 4.90 Å². The Morgan fingerprint density at radius 1 is 1.06 bits per heavy atom. The lowest BCUT2D eigenvalue weighted by molar-refractivity contribution is -0.122. The van der Waals surface area contributed by atoms with Crippen LogP contribution >= 0.6 is 0 Å². The number of nitrogens with one attached hydrogen (secondary N) is 1. The van der Waals surface area contributed by atoms with Crippen LogP contribution in [0, 0.1) is 6.92 Å². The molecule has 4 amide bonds. The van der Waals surface area contributed by atoms with Crippen molar-refractivity contribution in [3.8, 4) is 0 Å². The molecule has 0 aromatic heterocycles. The minimum atomic E-state index is -0.853. The summed E-state index contributed by atoms with van der Waals surface area (Å²) in [7, 11) is 0. The number of benzene rings is 2. The maximum absolute atomic E-state index is 13.7. The van der Waals surface area contributed by atoms with E-state index < -0.39 is 11.9 Å². The first-order valence-electron chi connectivity index (χ1n) is 12.1. The lowest BCUT2D eigenvalue weighted by Gasteiger charge is -2.29. The van der Waals surface area contributed by atoms with Gasteiger partial charge in [-0.2, -0.15) is 0 Å². The van der Waals surface area contributed by atoms with E-state index in [1.165, 1.54) is 18.9 Å². The molecule has 1 aliphatic heterocycles. The van der Waals surface area contributed by atoms with Gasteiger partial charge in [-0.25, -0.2) is 4.90 Å². The summed E-state index contributed by atoms with van der Waals surface area (Å²) in [6.45, 7) is 3.67.